The van der Waals surface area contributed by atoms with Crippen LogP contribution in [0.15, 0.2) is 44.7 Å². The van der Waals surface area contributed by atoms with E-state index in [4.69, 9.17) is 4.42 Å². The van der Waals surface area contributed by atoms with Crippen molar-refractivity contribution in [1.29, 1.82) is 0 Å². The predicted molar refractivity (Wildman–Crippen MR) is 82.2 cm³/mol. The van der Waals surface area contributed by atoms with E-state index in [1.807, 2.05) is 31.2 Å². The van der Waals surface area contributed by atoms with Crippen molar-refractivity contribution in [2.45, 2.75) is 20.0 Å². The van der Waals surface area contributed by atoms with Gasteiger partial charge in [-0.2, -0.15) is 0 Å². The highest BCUT2D eigenvalue weighted by Gasteiger charge is 2.05. The molecule has 0 aliphatic carbocycles. The summed E-state index contributed by atoms with van der Waals surface area (Å²) in [6, 6.07) is 7.49. The molecule has 6 heteroatoms. The van der Waals surface area contributed by atoms with Crippen LogP contribution in [0.3, 0.4) is 0 Å². The lowest BCUT2D eigenvalue weighted by Crippen LogP contribution is -2.38. The van der Waals surface area contributed by atoms with Crippen LogP contribution in [0.2, 0.25) is 0 Å². The summed E-state index contributed by atoms with van der Waals surface area (Å²) in [5.74, 6) is 1.44. The van der Waals surface area contributed by atoms with E-state index in [0.717, 1.165) is 11.5 Å². The largest absolute Gasteiger partial charge is 0.467 e. The van der Waals surface area contributed by atoms with Gasteiger partial charge in [0.2, 0.25) is 0 Å². The van der Waals surface area contributed by atoms with Crippen LogP contribution in [0.25, 0.3) is 0 Å². The van der Waals surface area contributed by atoms with E-state index in [2.05, 4.69) is 15.6 Å². The molecule has 2 aromatic heterocycles. The predicted octanol–water partition coefficient (Wildman–Crippen LogP) is 1.15. The average molecular weight is 288 g/mol. The van der Waals surface area contributed by atoms with Gasteiger partial charge in [0, 0.05) is 31.9 Å². The minimum atomic E-state index is 0.00369. The average Bonchev–Trinajstić information content (AvgIpc) is 3.00. The molecule has 21 heavy (non-hydrogen) atoms. The normalized spacial score (nSPS) is 11.5. The van der Waals surface area contributed by atoms with Crippen molar-refractivity contribution in [3.8, 4) is 0 Å². The van der Waals surface area contributed by atoms with E-state index in [-0.39, 0.29) is 5.56 Å². The number of hydrogen-bond donors (Lipinski definition) is 2. The summed E-state index contributed by atoms with van der Waals surface area (Å²) < 4.78 is 6.88. The van der Waals surface area contributed by atoms with Gasteiger partial charge in [0.25, 0.3) is 5.56 Å². The van der Waals surface area contributed by atoms with Gasteiger partial charge in [0.1, 0.15) is 5.76 Å². The quantitative estimate of drug-likeness (QED) is 0.654. The summed E-state index contributed by atoms with van der Waals surface area (Å²) in [7, 11) is 3.45. The fourth-order valence-corrected chi connectivity index (χ4v) is 1.90. The number of pyridine rings is 1. The summed E-state index contributed by atoms with van der Waals surface area (Å²) in [6.45, 7) is 2.87. The van der Waals surface area contributed by atoms with Crippen LogP contribution in [0, 0.1) is 6.92 Å². The molecule has 0 spiro atoms. The summed E-state index contributed by atoms with van der Waals surface area (Å²) in [6.07, 6.45) is 1.63. The minimum absolute atomic E-state index is 0.00369. The zero-order valence-electron chi connectivity index (χ0n) is 12.5. The summed E-state index contributed by atoms with van der Waals surface area (Å²) in [5, 5.41) is 6.24. The summed E-state index contributed by atoms with van der Waals surface area (Å²) in [5.41, 5.74) is 1.64. The van der Waals surface area contributed by atoms with E-state index in [9.17, 15) is 4.79 Å². The van der Waals surface area contributed by atoms with Gasteiger partial charge in [-0.05, 0) is 25.1 Å². The number of hydrogen-bond acceptors (Lipinski definition) is 3. The Bertz CT molecular complexity index is 671. The van der Waals surface area contributed by atoms with Crippen LogP contribution >= 0.6 is 0 Å². The third-order valence-corrected chi connectivity index (χ3v) is 3.31. The number of nitrogens with zero attached hydrogens (tertiary/aromatic N) is 2. The number of rotatable bonds is 4. The zero-order chi connectivity index (χ0) is 15.2. The van der Waals surface area contributed by atoms with Gasteiger partial charge in [-0.25, -0.2) is 0 Å². The Morgan fingerprint density at radius 2 is 2.05 bits per heavy atom. The highest BCUT2D eigenvalue weighted by Crippen LogP contribution is 1.99. The molecule has 0 aliphatic rings. The van der Waals surface area contributed by atoms with E-state index in [1.54, 1.807) is 24.9 Å². The van der Waals surface area contributed by atoms with Gasteiger partial charge in [0.05, 0.1) is 12.8 Å². The second-order valence-corrected chi connectivity index (χ2v) is 4.72. The van der Waals surface area contributed by atoms with E-state index < -0.39 is 0 Å². The first-order valence-corrected chi connectivity index (χ1v) is 6.74. The van der Waals surface area contributed by atoms with Crippen molar-refractivity contribution in [2.24, 2.45) is 12.0 Å². The maximum Gasteiger partial charge on any atom is 0.255 e. The molecule has 2 heterocycles. The molecule has 112 valence electrons. The van der Waals surface area contributed by atoms with Crippen molar-refractivity contribution in [3.63, 3.8) is 0 Å². The molecule has 0 aliphatic heterocycles. The second kappa shape index (κ2) is 6.78. The third-order valence-electron chi connectivity index (χ3n) is 3.31. The summed E-state index contributed by atoms with van der Waals surface area (Å²) in [4.78, 5) is 16.2. The number of aromatic nitrogens is 1. The van der Waals surface area contributed by atoms with Gasteiger partial charge in [0.15, 0.2) is 5.96 Å². The van der Waals surface area contributed by atoms with Crippen molar-refractivity contribution in [2.75, 3.05) is 7.05 Å². The van der Waals surface area contributed by atoms with Gasteiger partial charge in [-0.1, -0.05) is 6.07 Å². The van der Waals surface area contributed by atoms with Crippen molar-refractivity contribution in [3.05, 3.63) is 57.9 Å². The molecule has 0 radical (unpaired) electrons. The zero-order valence-corrected chi connectivity index (χ0v) is 12.5. The van der Waals surface area contributed by atoms with Crippen LogP contribution < -0.4 is 16.2 Å². The number of furan rings is 1. The maximum absolute atomic E-state index is 12.1. The van der Waals surface area contributed by atoms with Crippen LogP contribution in [0.5, 0.6) is 0 Å². The fraction of sp³-hybridized carbons (Fsp3) is 0.333. The Labute approximate surface area is 123 Å². The molecular weight excluding hydrogens is 268 g/mol. The first kappa shape index (κ1) is 14.9. The topological polar surface area (TPSA) is 71.6 Å². The molecule has 0 amide bonds. The van der Waals surface area contributed by atoms with Crippen molar-refractivity contribution < 1.29 is 4.42 Å². The van der Waals surface area contributed by atoms with Gasteiger partial charge < -0.3 is 19.6 Å². The first-order valence-electron chi connectivity index (χ1n) is 6.74. The number of guanidine groups is 1. The lowest BCUT2D eigenvalue weighted by atomic mass is 10.2. The van der Waals surface area contributed by atoms with Crippen LogP contribution in [0.1, 0.15) is 17.0 Å². The van der Waals surface area contributed by atoms with Gasteiger partial charge in [-0.3, -0.25) is 9.79 Å². The van der Waals surface area contributed by atoms with E-state index in [1.165, 1.54) is 0 Å². The Morgan fingerprint density at radius 3 is 2.71 bits per heavy atom. The van der Waals surface area contributed by atoms with Crippen LogP contribution in [-0.4, -0.2) is 17.6 Å². The Kier molecular flexibility index (Phi) is 4.81. The van der Waals surface area contributed by atoms with Crippen LogP contribution in [0.4, 0.5) is 0 Å². The molecule has 0 saturated carbocycles. The first-order chi connectivity index (χ1) is 10.1. The molecular formula is C15H20N4O2. The minimum Gasteiger partial charge on any atom is -0.467 e. The third kappa shape index (κ3) is 3.75. The number of nitrogens with one attached hydrogen (secondary N) is 2. The lowest BCUT2D eigenvalue weighted by Gasteiger charge is -2.12. The maximum atomic E-state index is 12.1. The van der Waals surface area contributed by atoms with E-state index in [0.29, 0.717) is 24.6 Å². The van der Waals surface area contributed by atoms with Gasteiger partial charge >= 0.3 is 0 Å². The molecule has 2 N–H and O–H groups in total. The lowest BCUT2D eigenvalue weighted by molar-refractivity contribution is 0.501. The molecule has 2 aromatic rings. The molecule has 0 fully saturated rings. The monoisotopic (exact) mass is 288 g/mol. The standard InChI is InChI=1S/C15H20N4O2/c1-11-6-7-12(14(20)19(11)3)9-17-15(16-2)18-10-13-5-4-8-21-13/h4-8H,9-10H2,1-3H3,(H2,16,17,18). The number of aliphatic imine (C=N–C) groups is 1. The summed E-state index contributed by atoms with van der Waals surface area (Å²) >= 11 is 0. The van der Waals surface area contributed by atoms with Gasteiger partial charge in [-0.15, -0.1) is 0 Å². The number of aryl methyl sites for hydroxylation is 1. The smallest absolute Gasteiger partial charge is 0.255 e. The van der Waals surface area contributed by atoms with Crippen molar-refractivity contribution >= 4 is 5.96 Å². The Hall–Kier alpha value is -2.50. The highest BCUT2D eigenvalue weighted by atomic mass is 16.3. The molecule has 0 saturated heterocycles. The second-order valence-electron chi connectivity index (χ2n) is 4.72. The Balaban J connectivity index is 1.95. The molecule has 0 bridgehead atoms. The van der Waals surface area contributed by atoms with Crippen molar-refractivity contribution in [1.82, 2.24) is 15.2 Å². The highest BCUT2D eigenvalue weighted by molar-refractivity contribution is 5.79. The molecule has 0 unspecified atom stereocenters. The molecule has 0 aromatic carbocycles. The molecule has 0 atom stereocenters. The SMILES string of the molecule is CN=C(NCc1ccco1)NCc1ccc(C)n(C)c1=O. The Morgan fingerprint density at radius 1 is 1.29 bits per heavy atom. The fourth-order valence-electron chi connectivity index (χ4n) is 1.90. The molecule has 6 nitrogen and oxygen atoms in total. The van der Waals surface area contributed by atoms with E-state index >= 15 is 0 Å². The van der Waals surface area contributed by atoms with Crippen LogP contribution in [-0.2, 0) is 20.1 Å². The molecule has 2 rings (SSSR count).